The third-order valence-corrected chi connectivity index (χ3v) is 3.59. The highest BCUT2D eigenvalue weighted by atomic mass is 16.6. The zero-order chi connectivity index (χ0) is 14.8. The first-order chi connectivity index (χ1) is 9.42. The summed E-state index contributed by atoms with van der Waals surface area (Å²) in [4.78, 5) is 14.2. The zero-order valence-electron chi connectivity index (χ0n) is 12.5. The van der Waals surface area contributed by atoms with Crippen LogP contribution in [0.5, 0.6) is 0 Å². The molecule has 1 aromatic rings. The highest BCUT2D eigenvalue weighted by molar-refractivity contribution is 5.69. The molecular weight excluding hydrogens is 252 g/mol. The summed E-state index contributed by atoms with van der Waals surface area (Å²) in [6.07, 6.45) is 0.678. The van der Waals surface area contributed by atoms with Crippen molar-refractivity contribution in [3.05, 3.63) is 35.9 Å². The van der Waals surface area contributed by atoms with Crippen molar-refractivity contribution in [2.24, 2.45) is 11.7 Å². The maximum atomic E-state index is 12.4. The Balaban J connectivity index is 2.22. The molecule has 1 amide bonds. The van der Waals surface area contributed by atoms with E-state index in [9.17, 15) is 4.79 Å². The minimum Gasteiger partial charge on any atom is -0.444 e. The van der Waals surface area contributed by atoms with Gasteiger partial charge in [0.15, 0.2) is 0 Å². The molecule has 2 rings (SSSR count). The molecule has 1 saturated heterocycles. The molecule has 4 heteroatoms. The number of hydrogen-bond donors (Lipinski definition) is 1. The molecule has 2 atom stereocenters. The number of carbonyl (C=O) groups is 1. The van der Waals surface area contributed by atoms with Crippen LogP contribution in [0.2, 0.25) is 0 Å². The predicted molar refractivity (Wildman–Crippen MR) is 79.3 cm³/mol. The molecule has 2 N–H and O–H groups in total. The van der Waals surface area contributed by atoms with Crippen molar-refractivity contribution in [2.45, 2.75) is 38.8 Å². The van der Waals surface area contributed by atoms with E-state index in [1.807, 2.05) is 43.9 Å². The van der Waals surface area contributed by atoms with Crippen LogP contribution in [0.3, 0.4) is 0 Å². The van der Waals surface area contributed by atoms with Crippen LogP contribution in [0.1, 0.15) is 38.8 Å². The Morgan fingerprint density at radius 3 is 2.55 bits per heavy atom. The predicted octanol–water partition coefficient (Wildman–Crippen LogP) is 2.94. The van der Waals surface area contributed by atoms with E-state index in [1.54, 1.807) is 0 Å². The van der Waals surface area contributed by atoms with E-state index in [4.69, 9.17) is 10.5 Å². The molecule has 110 valence electrons. The van der Waals surface area contributed by atoms with Gasteiger partial charge in [0.2, 0.25) is 0 Å². The van der Waals surface area contributed by atoms with E-state index in [1.165, 1.54) is 0 Å². The minimum absolute atomic E-state index is 0.0241. The maximum absolute atomic E-state index is 12.4. The maximum Gasteiger partial charge on any atom is 0.410 e. The summed E-state index contributed by atoms with van der Waals surface area (Å²) in [5, 5.41) is 0. The molecule has 1 aromatic carbocycles. The third kappa shape index (κ3) is 3.31. The van der Waals surface area contributed by atoms with Gasteiger partial charge in [-0.3, -0.25) is 0 Å². The Morgan fingerprint density at radius 2 is 2.00 bits per heavy atom. The Kier molecular flexibility index (Phi) is 4.33. The minimum atomic E-state index is -0.473. The lowest BCUT2D eigenvalue weighted by Gasteiger charge is -2.30. The summed E-state index contributed by atoms with van der Waals surface area (Å²) < 4.78 is 5.51. The Bertz CT molecular complexity index is 453. The van der Waals surface area contributed by atoms with Crippen molar-refractivity contribution in [1.82, 2.24) is 4.90 Å². The monoisotopic (exact) mass is 276 g/mol. The van der Waals surface area contributed by atoms with Gasteiger partial charge in [0.25, 0.3) is 0 Å². The van der Waals surface area contributed by atoms with Crippen molar-refractivity contribution in [3.8, 4) is 0 Å². The highest BCUT2D eigenvalue weighted by Crippen LogP contribution is 2.37. The first-order valence-corrected chi connectivity index (χ1v) is 7.17. The standard InChI is InChI=1S/C16H24N2O2/c1-16(2,3)20-15(19)18-10-9-13(11-17)14(18)12-7-5-4-6-8-12/h4-8,13-14H,9-11,17H2,1-3H3/t13-,14-/m1/s1. The molecule has 0 aliphatic carbocycles. The van der Waals surface area contributed by atoms with E-state index < -0.39 is 5.60 Å². The highest BCUT2D eigenvalue weighted by Gasteiger charge is 2.39. The molecule has 1 aliphatic heterocycles. The lowest BCUT2D eigenvalue weighted by atomic mass is 9.94. The summed E-state index contributed by atoms with van der Waals surface area (Å²) in [7, 11) is 0. The second kappa shape index (κ2) is 5.83. The van der Waals surface area contributed by atoms with E-state index in [2.05, 4.69) is 12.1 Å². The molecule has 1 aliphatic rings. The van der Waals surface area contributed by atoms with Crippen LogP contribution in [-0.2, 0) is 4.74 Å². The Labute approximate surface area is 120 Å². The number of benzene rings is 1. The molecule has 20 heavy (non-hydrogen) atoms. The normalized spacial score (nSPS) is 22.9. The van der Waals surface area contributed by atoms with Gasteiger partial charge in [-0.2, -0.15) is 0 Å². The molecule has 0 radical (unpaired) electrons. The first-order valence-electron chi connectivity index (χ1n) is 7.17. The van der Waals surface area contributed by atoms with Gasteiger partial charge in [0, 0.05) is 6.54 Å². The first kappa shape index (κ1) is 14.9. The molecule has 4 nitrogen and oxygen atoms in total. The van der Waals surface area contributed by atoms with Gasteiger partial charge < -0.3 is 15.4 Å². The SMILES string of the molecule is CC(C)(C)OC(=O)N1CC[C@H](CN)[C@H]1c1ccccc1. The van der Waals surface area contributed by atoms with E-state index in [-0.39, 0.29) is 12.1 Å². The molecular formula is C16H24N2O2. The number of likely N-dealkylation sites (tertiary alicyclic amines) is 1. The van der Waals surface area contributed by atoms with Crippen LogP contribution in [0, 0.1) is 5.92 Å². The van der Waals surface area contributed by atoms with Gasteiger partial charge in [-0.25, -0.2) is 4.79 Å². The van der Waals surface area contributed by atoms with Crippen molar-refractivity contribution in [2.75, 3.05) is 13.1 Å². The van der Waals surface area contributed by atoms with Gasteiger partial charge >= 0.3 is 6.09 Å². The van der Waals surface area contributed by atoms with Gasteiger partial charge in [-0.05, 0) is 45.2 Å². The average molecular weight is 276 g/mol. The smallest absolute Gasteiger partial charge is 0.410 e. The number of amides is 1. The van der Waals surface area contributed by atoms with Crippen LogP contribution in [0.4, 0.5) is 4.79 Å². The summed E-state index contributed by atoms with van der Waals surface area (Å²) in [6.45, 7) is 6.95. The van der Waals surface area contributed by atoms with Crippen LogP contribution in [0.25, 0.3) is 0 Å². The van der Waals surface area contributed by atoms with Crippen molar-refractivity contribution >= 4 is 6.09 Å². The van der Waals surface area contributed by atoms with E-state index >= 15 is 0 Å². The lowest BCUT2D eigenvalue weighted by molar-refractivity contribution is 0.0207. The third-order valence-electron chi connectivity index (χ3n) is 3.59. The fraction of sp³-hybridized carbons (Fsp3) is 0.562. The Morgan fingerprint density at radius 1 is 1.35 bits per heavy atom. The summed E-state index contributed by atoms with van der Waals surface area (Å²) >= 11 is 0. The molecule has 0 aromatic heterocycles. The summed E-state index contributed by atoms with van der Waals surface area (Å²) in [5.41, 5.74) is 6.53. The topological polar surface area (TPSA) is 55.6 Å². The Hall–Kier alpha value is -1.55. The van der Waals surface area contributed by atoms with Crippen molar-refractivity contribution in [1.29, 1.82) is 0 Å². The lowest BCUT2D eigenvalue weighted by Crippen LogP contribution is -2.38. The number of ether oxygens (including phenoxy) is 1. The van der Waals surface area contributed by atoms with Crippen LogP contribution >= 0.6 is 0 Å². The molecule has 1 fully saturated rings. The van der Waals surface area contributed by atoms with Crippen LogP contribution in [-0.4, -0.2) is 29.7 Å². The van der Waals surface area contributed by atoms with Gasteiger partial charge in [-0.1, -0.05) is 30.3 Å². The zero-order valence-corrected chi connectivity index (χ0v) is 12.5. The van der Waals surface area contributed by atoms with Crippen molar-refractivity contribution < 1.29 is 9.53 Å². The van der Waals surface area contributed by atoms with Crippen LogP contribution < -0.4 is 5.73 Å². The van der Waals surface area contributed by atoms with Crippen LogP contribution in [0.15, 0.2) is 30.3 Å². The van der Waals surface area contributed by atoms with Gasteiger partial charge in [0.1, 0.15) is 5.60 Å². The number of nitrogens with zero attached hydrogens (tertiary/aromatic N) is 1. The number of hydrogen-bond acceptors (Lipinski definition) is 3. The number of nitrogens with two attached hydrogens (primary N) is 1. The summed E-state index contributed by atoms with van der Waals surface area (Å²) in [6, 6.07) is 10.1. The molecule has 0 saturated carbocycles. The van der Waals surface area contributed by atoms with Gasteiger partial charge in [0.05, 0.1) is 6.04 Å². The quantitative estimate of drug-likeness (QED) is 0.903. The van der Waals surface area contributed by atoms with Crippen molar-refractivity contribution in [3.63, 3.8) is 0 Å². The van der Waals surface area contributed by atoms with E-state index in [0.29, 0.717) is 19.0 Å². The molecule has 0 spiro atoms. The van der Waals surface area contributed by atoms with Gasteiger partial charge in [-0.15, -0.1) is 0 Å². The fourth-order valence-electron chi connectivity index (χ4n) is 2.73. The average Bonchev–Trinajstić information content (AvgIpc) is 2.81. The molecule has 0 unspecified atom stereocenters. The van der Waals surface area contributed by atoms with E-state index in [0.717, 1.165) is 12.0 Å². The largest absolute Gasteiger partial charge is 0.444 e. The summed E-state index contributed by atoms with van der Waals surface area (Å²) in [5.74, 6) is 0.296. The molecule has 0 bridgehead atoms. The number of rotatable bonds is 2. The second-order valence-corrected chi connectivity index (χ2v) is 6.31. The molecule has 1 heterocycles. The second-order valence-electron chi connectivity index (χ2n) is 6.31. The number of carbonyl (C=O) groups excluding carboxylic acids is 1. The fourth-order valence-corrected chi connectivity index (χ4v) is 2.73.